The van der Waals surface area contributed by atoms with Crippen molar-refractivity contribution >= 4 is 45.5 Å². The molecule has 32 heavy (non-hydrogen) atoms. The number of amides is 2. The monoisotopic (exact) mass is 528 g/mol. The van der Waals surface area contributed by atoms with E-state index < -0.39 is 34.6 Å². The summed E-state index contributed by atoms with van der Waals surface area (Å²) in [5, 5.41) is 9.77. The number of nitrogens with zero attached hydrogens (tertiary/aromatic N) is 2. The summed E-state index contributed by atoms with van der Waals surface area (Å²) in [5.41, 5.74) is 0. The van der Waals surface area contributed by atoms with Crippen molar-refractivity contribution in [2.75, 3.05) is 26.3 Å². The molecular formula is C23H33BrN2O5S. The lowest BCUT2D eigenvalue weighted by atomic mass is 9.71. The van der Waals surface area contributed by atoms with Crippen LogP contribution in [-0.4, -0.2) is 85.9 Å². The summed E-state index contributed by atoms with van der Waals surface area (Å²) in [4.78, 5) is 44.0. The van der Waals surface area contributed by atoms with Gasteiger partial charge in [-0.05, 0) is 19.8 Å². The van der Waals surface area contributed by atoms with Crippen LogP contribution in [0.4, 0.5) is 0 Å². The Kier molecular flexibility index (Phi) is 8.15. The quantitative estimate of drug-likeness (QED) is 0.251. The molecule has 0 radical (unpaired) electrons. The number of hydrogen-bond donors (Lipinski definition) is 1. The van der Waals surface area contributed by atoms with Crippen molar-refractivity contribution in [3.05, 3.63) is 25.3 Å². The van der Waals surface area contributed by atoms with Gasteiger partial charge >= 0.3 is 5.97 Å². The van der Waals surface area contributed by atoms with Crippen molar-refractivity contribution in [3.8, 4) is 0 Å². The zero-order valence-corrected chi connectivity index (χ0v) is 21.1. The molecule has 2 bridgehead atoms. The number of hydrogen-bond acceptors (Lipinski definition) is 6. The van der Waals surface area contributed by atoms with Gasteiger partial charge in [0.05, 0.1) is 29.2 Å². The first kappa shape index (κ1) is 25.3. The predicted octanol–water partition coefficient (Wildman–Crippen LogP) is 2.38. The van der Waals surface area contributed by atoms with Gasteiger partial charge in [0.2, 0.25) is 11.8 Å². The van der Waals surface area contributed by atoms with Crippen molar-refractivity contribution in [2.45, 2.75) is 60.0 Å². The Balaban J connectivity index is 2.04. The first-order chi connectivity index (χ1) is 15.3. The molecule has 3 unspecified atom stereocenters. The minimum atomic E-state index is -0.744. The largest absolute Gasteiger partial charge is 0.461 e. The second-order valence-electron chi connectivity index (χ2n) is 8.79. The highest BCUT2D eigenvalue weighted by atomic mass is 79.9. The van der Waals surface area contributed by atoms with E-state index in [1.807, 2.05) is 0 Å². The third kappa shape index (κ3) is 4.05. The van der Waals surface area contributed by atoms with E-state index in [1.54, 1.807) is 29.7 Å². The molecule has 7 nitrogen and oxygen atoms in total. The molecule has 3 heterocycles. The number of likely N-dealkylation sites (tertiary alicyclic amines) is 1. The van der Waals surface area contributed by atoms with E-state index in [2.05, 4.69) is 36.0 Å². The van der Waals surface area contributed by atoms with E-state index in [0.29, 0.717) is 19.5 Å². The molecule has 3 fully saturated rings. The second kappa shape index (κ2) is 10.3. The zero-order valence-electron chi connectivity index (χ0n) is 18.7. The van der Waals surface area contributed by atoms with E-state index in [9.17, 15) is 19.5 Å². The van der Waals surface area contributed by atoms with Crippen molar-refractivity contribution in [3.63, 3.8) is 0 Å². The lowest BCUT2D eigenvalue weighted by Crippen LogP contribution is -2.57. The molecule has 9 heteroatoms. The molecule has 1 spiro atoms. The summed E-state index contributed by atoms with van der Waals surface area (Å²) in [6, 6.07) is -1.28. The number of unbranched alkanes of at least 4 members (excludes halogenated alkanes) is 1. The fraction of sp³-hybridized carbons (Fsp3) is 0.696. The number of thioether (sulfide) groups is 1. The number of rotatable bonds is 11. The van der Waals surface area contributed by atoms with Crippen LogP contribution in [0.15, 0.2) is 25.3 Å². The number of fused-ring (bicyclic) bond motifs is 1. The minimum absolute atomic E-state index is 0.0130. The van der Waals surface area contributed by atoms with Crippen molar-refractivity contribution in [1.29, 1.82) is 0 Å². The van der Waals surface area contributed by atoms with Crippen LogP contribution < -0.4 is 0 Å². The smallest absolute Gasteiger partial charge is 0.311 e. The fourth-order valence-corrected chi connectivity index (χ4v) is 8.97. The summed E-state index contributed by atoms with van der Waals surface area (Å²) in [5.74, 6) is -2.09. The topological polar surface area (TPSA) is 87.2 Å². The highest BCUT2D eigenvalue weighted by molar-refractivity contribution is 9.09. The zero-order chi connectivity index (χ0) is 23.6. The molecule has 178 valence electrons. The van der Waals surface area contributed by atoms with Crippen LogP contribution in [0.5, 0.6) is 0 Å². The number of aliphatic hydroxyl groups is 1. The molecule has 7 atom stereocenters. The molecule has 3 rings (SSSR count). The van der Waals surface area contributed by atoms with E-state index in [0.717, 1.165) is 12.8 Å². The Labute approximate surface area is 202 Å². The van der Waals surface area contributed by atoms with Crippen LogP contribution in [-0.2, 0) is 19.1 Å². The van der Waals surface area contributed by atoms with Gasteiger partial charge in [-0.25, -0.2) is 0 Å². The van der Waals surface area contributed by atoms with Crippen LogP contribution >= 0.6 is 27.7 Å². The van der Waals surface area contributed by atoms with Gasteiger partial charge in [0.15, 0.2) is 0 Å². The van der Waals surface area contributed by atoms with E-state index in [1.165, 1.54) is 11.0 Å². The molecule has 3 aliphatic rings. The standard InChI is InChI=1S/C23H33BrN2O5S/c1-5-8-10-25(9-6-2)21(29)19-23-12-15(24)18(32-23)16(22(30)31-11-7-3)17(23)20(28)26(19)14(4)13-27/h6-7,14-19,27H,2-3,5,8-13H2,1,4H3/t14-,15?,16-,17+,18-,19?,23?/m1/s1. The molecule has 0 aromatic carbocycles. The lowest BCUT2D eigenvalue weighted by molar-refractivity contribution is -0.153. The maximum Gasteiger partial charge on any atom is 0.311 e. The number of alkyl halides is 1. The Bertz CT molecular complexity index is 779. The number of halogens is 1. The number of esters is 1. The van der Waals surface area contributed by atoms with Crippen LogP contribution in [0.1, 0.15) is 33.1 Å². The second-order valence-corrected chi connectivity index (χ2v) is 11.5. The highest BCUT2D eigenvalue weighted by Gasteiger charge is 2.76. The van der Waals surface area contributed by atoms with E-state index >= 15 is 0 Å². The van der Waals surface area contributed by atoms with E-state index in [-0.39, 0.29) is 35.1 Å². The average Bonchev–Trinajstić information content (AvgIpc) is 3.37. The van der Waals surface area contributed by atoms with Gasteiger partial charge in [0.1, 0.15) is 12.6 Å². The van der Waals surface area contributed by atoms with Gasteiger partial charge in [-0.3, -0.25) is 14.4 Å². The number of carbonyl (C=O) groups is 3. The summed E-state index contributed by atoms with van der Waals surface area (Å²) in [6.07, 6.45) is 5.58. The summed E-state index contributed by atoms with van der Waals surface area (Å²) < 4.78 is 4.63. The highest BCUT2D eigenvalue weighted by Crippen LogP contribution is 2.68. The fourth-order valence-electron chi connectivity index (χ4n) is 5.38. The Morgan fingerprint density at radius 1 is 1.44 bits per heavy atom. The average molecular weight is 529 g/mol. The SMILES string of the molecule is C=CCOC(=O)[C@H]1[C@@H]2SC3(CC2Br)C(C(=O)N(CC=C)CCCC)N([C@H](C)CO)C(=O)[C@H]13. The summed E-state index contributed by atoms with van der Waals surface area (Å²) in [7, 11) is 0. The van der Waals surface area contributed by atoms with Gasteiger partial charge in [0, 0.05) is 23.2 Å². The Hall–Kier alpha value is -1.32. The van der Waals surface area contributed by atoms with Crippen molar-refractivity contribution in [1.82, 2.24) is 9.80 Å². The molecular weight excluding hydrogens is 496 g/mol. The van der Waals surface area contributed by atoms with Crippen LogP contribution in [0.2, 0.25) is 0 Å². The van der Waals surface area contributed by atoms with Crippen LogP contribution in [0, 0.1) is 11.8 Å². The van der Waals surface area contributed by atoms with Crippen molar-refractivity contribution < 1.29 is 24.2 Å². The molecule has 0 aliphatic carbocycles. The third-order valence-corrected chi connectivity index (χ3v) is 9.98. The minimum Gasteiger partial charge on any atom is -0.461 e. The van der Waals surface area contributed by atoms with Gasteiger partial charge in [-0.1, -0.05) is 48.0 Å². The maximum absolute atomic E-state index is 13.9. The first-order valence-electron chi connectivity index (χ1n) is 11.2. The third-order valence-electron chi connectivity index (χ3n) is 6.76. The van der Waals surface area contributed by atoms with Gasteiger partial charge in [-0.15, -0.1) is 18.3 Å². The van der Waals surface area contributed by atoms with Crippen LogP contribution in [0.3, 0.4) is 0 Å². The predicted molar refractivity (Wildman–Crippen MR) is 128 cm³/mol. The summed E-state index contributed by atoms with van der Waals surface area (Å²) in [6.45, 7) is 12.0. The van der Waals surface area contributed by atoms with E-state index in [4.69, 9.17) is 4.74 Å². The Morgan fingerprint density at radius 3 is 2.75 bits per heavy atom. The van der Waals surface area contributed by atoms with Crippen LogP contribution in [0.25, 0.3) is 0 Å². The number of ether oxygens (including phenoxy) is 1. The number of carbonyl (C=O) groups excluding carboxylic acids is 3. The molecule has 0 saturated carbocycles. The molecule has 0 aromatic rings. The summed E-state index contributed by atoms with van der Waals surface area (Å²) >= 11 is 5.28. The van der Waals surface area contributed by atoms with Crippen molar-refractivity contribution in [2.24, 2.45) is 11.8 Å². The maximum atomic E-state index is 13.9. The number of aliphatic hydroxyl groups excluding tert-OH is 1. The molecule has 1 N–H and O–H groups in total. The Morgan fingerprint density at radius 2 is 2.16 bits per heavy atom. The molecule has 3 saturated heterocycles. The van der Waals surface area contributed by atoms with Gasteiger partial charge in [0.25, 0.3) is 0 Å². The molecule has 3 aliphatic heterocycles. The first-order valence-corrected chi connectivity index (χ1v) is 13.0. The molecule has 0 aromatic heterocycles. The molecule has 2 amide bonds. The normalized spacial score (nSPS) is 33.7. The van der Waals surface area contributed by atoms with Gasteiger partial charge in [-0.2, -0.15) is 0 Å². The van der Waals surface area contributed by atoms with Gasteiger partial charge < -0.3 is 19.6 Å². The lowest BCUT2D eigenvalue weighted by Gasteiger charge is -2.39.